The maximum Gasteiger partial charge on any atom is 0.256 e. The van der Waals surface area contributed by atoms with Gasteiger partial charge in [-0.05, 0) is 73.7 Å². The smallest absolute Gasteiger partial charge is 0.256 e. The van der Waals surface area contributed by atoms with E-state index in [1.54, 1.807) is 12.1 Å². The van der Waals surface area contributed by atoms with Gasteiger partial charge < -0.3 is 20.1 Å². The minimum absolute atomic E-state index is 0.0483. The summed E-state index contributed by atoms with van der Waals surface area (Å²) in [5.41, 5.74) is 1.67. The van der Waals surface area contributed by atoms with Crippen molar-refractivity contribution in [3.05, 3.63) is 78.3 Å². The van der Waals surface area contributed by atoms with Crippen LogP contribution in [-0.4, -0.2) is 37.9 Å². The molecule has 0 saturated carbocycles. The van der Waals surface area contributed by atoms with Crippen LogP contribution >= 0.6 is 0 Å². The van der Waals surface area contributed by atoms with Crippen molar-refractivity contribution in [3.8, 4) is 11.4 Å². The second-order valence-electron chi connectivity index (χ2n) is 8.56. The maximum absolute atomic E-state index is 13.5. The van der Waals surface area contributed by atoms with E-state index >= 15 is 0 Å². The van der Waals surface area contributed by atoms with Crippen molar-refractivity contribution in [2.75, 3.05) is 5.32 Å². The highest BCUT2D eigenvalue weighted by atomic mass is 19.1. The van der Waals surface area contributed by atoms with Crippen LogP contribution in [0.1, 0.15) is 55.1 Å². The van der Waals surface area contributed by atoms with Crippen molar-refractivity contribution in [2.24, 2.45) is 0 Å². The average Bonchev–Trinajstić information content (AvgIpc) is 3.16. The van der Waals surface area contributed by atoms with Crippen molar-refractivity contribution in [2.45, 2.75) is 57.8 Å². The Balaban J connectivity index is 1.98. The highest BCUT2D eigenvalue weighted by molar-refractivity contribution is 6.04. The van der Waals surface area contributed by atoms with Crippen LogP contribution in [0.2, 0.25) is 0 Å². The van der Waals surface area contributed by atoms with Crippen LogP contribution in [0.25, 0.3) is 11.4 Å². The monoisotopic (exact) mass is 470 g/mol. The van der Waals surface area contributed by atoms with Gasteiger partial charge in [-0.2, -0.15) is 0 Å². The zero-order valence-corrected chi connectivity index (χ0v) is 19.3. The fourth-order valence-corrected chi connectivity index (χ4v) is 3.80. The lowest BCUT2D eigenvalue weighted by Crippen LogP contribution is -2.20. The Labute approximate surface area is 198 Å². The Morgan fingerprint density at radius 1 is 1.03 bits per heavy atom. The molecule has 2 unspecified atom stereocenters. The van der Waals surface area contributed by atoms with Gasteiger partial charge >= 0.3 is 0 Å². The molecule has 2 atom stereocenters. The van der Waals surface area contributed by atoms with Crippen LogP contribution in [0, 0.1) is 18.6 Å². The number of aromatic nitrogens is 2. The first-order chi connectivity index (χ1) is 16.2. The molecule has 6 nitrogen and oxygen atoms in total. The van der Waals surface area contributed by atoms with Crippen LogP contribution in [0.15, 0.2) is 48.5 Å². The fourth-order valence-electron chi connectivity index (χ4n) is 3.80. The lowest BCUT2D eigenvalue weighted by atomic mass is 10.1. The Hall–Kier alpha value is -3.10. The van der Waals surface area contributed by atoms with Gasteiger partial charge in [0.1, 0.15) is 17.5 Å². The number of anilines is 1. The second kappa shape index (κ2) is 11.4. The zero-order valence-electron chi connectivity index (χ0n) is 19.3. The number of hydrogen-bond acceptors (Lipinski definition) is 4. The van der Waals surface area contributed by atoms with Crippen molar-refractivity contribution in [1.29, 1.82) is 0 Å². The summed E-state index contributed by atoms with van der Waals surface area (Å²) >= 11 is 0. The first-order valence-corrected chi connectivity index (χ1v) is 11.3. The lowest BCUT2D eigenvalue weighted by molar-refractivity contribution is 0.0742. The molecule has 0 aliphatic rings. The molecule has 0 aliphatic carbocycles. The van der Waals surface area contributed by atoms with E-state index in [1.165, 1.54) is 36.4 Å². The number of carbonyl (C=O) groups is 1. The molecule has 3 N–H and O–H groups in total. The maximum atomic E-state index is 13.5. The number of halogens is 2. The average molecular weight is 471 g/mol. The fraction of sp³-hybridized carbons (Fsp3) is 0.346. The van der Waals surface area contributed by atoms with Crippen LogP contribution in [0.4, 0.5) is 14.6 Å². The summed E-state index contributed by atoms with van der Waals surface area (Å²) in [6.45, 7) is 7.93. The van der Waals surface area contributed by atoms with E-state index in [0.717, 1.165) is 5.69 Å². The molecule has 1 radical (unpaired) electrons. The van der Waals surface area contributed by atoms with Gasteiger partial charge in [0.05, 0.1) is 17.9 Å². The van der Waals surface area contributed by atoms with Gasteiger partial charge in [-0.1, -0.05) is 20.8 Å². The summed E-state index contributed by atoms with van der Waals surface area (Å²) in [4.78, 5) is 17.5. The molecule has 1 heterocycles. The Morgan fingerprint density at radius 2 is 1.62 bits per heavy atom. The largest absolute Gasteiger partial charge is 0.393 e. The number of rotatable bonds is 10. The van der Waals surface area contributed by atoms with Crippen molar-refractivity contribution in [1.82, 2.24) is 9.55 Å². The highest BCUT2D eigenvalue weighted by Gasteiger charge is 2.23. The van der Waals surface area contributed by atoms with Crippen molar-refractivity contribution < 1.29 is 23.8 Å². The summed E-state index contributed by atoms with van der Waals surface area (Å²) in [6, 6.07) is 11.1. The van der Waals surface area contributed by atoms with Gasteiger partial charge in [-0.3, -0.25) is 4.79 Å². The molecule has 181 valence electrons. The molecule has 0 saturated heterocycles. The third-order valence-corrected chi connectivity index (χ3v) is 5.56. The van der Waals surface area contributed by atoms with Gasteiger partial charge in [-0.25, -0.2) is 13.8 Å². The molecule has 0 bridgehead atoms. The van der Waals surface area contributed by atoms with Gasteiger partial charge in [0.15, 0.2) is 5.82 Å². The van der Waals surface area contributed by atoms with E-state index in [9.17, 15) is 23.8 Å². The molecule has 8 heteroatoms. The number of carbonyl (C=O) groups excluding carboxylic acids is 1. The van der Waals surface area contributed by atoms with Crippen LogP contribution in [-0.2, 0) is 6.54 Å². The highest BCUT2D eigenvalue weighted by Crippen LogP contribution is 2.32. The molecule has 34 heavy (non-hydrogen) atoms. The second-order valence-corrected chi connectivity index (χ2v) is 8.56. The molecule has 0 aliphatic heterocycles. The quantitative estimate of drug-likeness (QED) is 0.392. The van der Waals surface area contributed by atoms with Crippen molar-refractivity contribution >= 4 is 11.7 Å². The Kier molecular flexibility index (Phi) is 8.52. The summed E-state index contributed by atoms with van der Waals surface area (Å²) in [6.07, 6.45) is -0.594. The van der Waals surface area contributed by atoms with E-state index < -0.39 is 23.9 Å². The summed E-state index contributed by atoms with van der Waals surface area (Å²) in [7, 11) is 0. The number of imidazole rings is 1. The third kappa shape index (κ3) is 6.27. The normalized spacial score (nSPS) is 13.2. The van der Waals surface area contributed by atoms with Gasteiger partial charge in [-0.15, -0.1) is 0 Å². The number of aliphatic hydroxyl groups excluding tert-OH is 2. The predicted octanol–water partition coefficient (Wildman–Crippen LogP) is 4.93. The summed E-state index contributed by atoms with van der Waals surface area (Å²) in [5.74, 6) is -0.444. The number of nitrogens with one attached hydrogen (secondary N) is 1. The number of aliphatic hydroxyl groups is 2. The molecule has 1 amide bonds. The molecular formula is C26H30F2N3O3. The molecule has 0 spiro atoms. The molecule has 1 aromatic heterocycles. The van der Waals surface area contributed by atoms with Crippen molar-refractivity contribution in [3.63, 3.8) is 0 Å². The molecular weight excluding hydrogens is 440 g/mol. The summed E-state index contributed by atoms with van der Waals surface area (Å²) in [5, 5.41) is 23.0. The Bertz CT molecular complexity index is 1100. The van der Waals surface area contributed by atoms with E-state index in [1.807, 2.05) is 18.4 Å². The number of hydrogen-bond donors (Lipinski definition) is 3. The van der Waals surface area contributed by atoms with E-state index in [2.05, 4.69) is 17.2 Å². The van der Waals surface area contributed by atoms with Crippen LogP contribution in [0.5, 0.6) is 0 Å². The van der Waals surface area contributed by atoms with Gasteiger partial charge in [0.2, 0.25) is 0 Å². The molecule has 2 aromatic carbocycles. The van der Waals surface area contributed by atoms with E-state index in [0.29, 0.717) is 36.6 Å². The summed E-state index contributed by atoms with van der Waals surface area (Å²) < 4.78 is 28.7. The Morgan fingerprint density at radius 3 is 2.18 bits per heavy atom. The first kappa shape index (κ1) is 25.5. The SMILES string of the molecule is [CH2]CC(O)CC(O)CCn1c(-c2ccc(F)cc2)nc(NC(=O)c2ccc(F)cc2)c1C(C)C. The van der Waals surface area contributed by atoms with Gasteiger partial charge in [0.25, 0.3) is 5.91 Å². The third-order valence-electron chi connectivity index (χ3n) is 5.56. The zero-order chi connectivity index (χ0) is 24.8. The molecule has 3 rings (SSSR count). The standard InChI is InChI=1S/C26H30F2N3O3/c1-4-21(32)15-22(33)13-14-31-23(16(2)3)24(29-25(31)17-5-9-19(27)10-6-17)30-26(34)18-7-11-20(28)12-8-18/h5-12,16,21-22,32-33H,1,4,13-15H2,2-3H3,(H,30,34). The number of nitrogens with zero attached hydrogens (tertiary/aromatic N) is 2. The number of benzene rings is 2. The van der Waals surface area contributed by atoms with Gasteiger partial charge in [0, 0.05) is 17.7 Å². The topological polar surface area (TPSA) is 87.4 Å². The van der Waals surface area contributed by atoms with Crippen LogP contribution < -0.4 is 5.32 Å². The lowest BCUT2D eigenvalue weighted by Gasteiger charge is -2.19. The minimum Gasteiger partial charge on any atom is -0.393 e. The molecule has 0 fully saturated rings. The first-order valence-electron chi connectivity index (χ1n) is 11.3. The minimum atomic E-state index is -0.752. The van der Waals surface area contributed by atoms with E-state index in [-0.39, 0.29) is 23.7 Å². The predicted molar refractivity (Wildman–Crippen MR) is 127 cm³/mol. The van der Waals surface area contributed by atoms with E-state index in [4.69, 9.17) is 0 Å². The van der Waals surface area contributed by atoms with Crippen LogP contribution in [0.3, 0.4) is 0 Å². The molecule has 3 aromatic rings. The number of amides is 1.